The van der Waals surface area contributed by atoms with E-state index in [2.05, 4.69) is 15.6 Å². The lowest BCUT2D eigenvalue weighted by Crippen LogP contribution is -2.50. The van der Waals surface area contributed by atoms with Gasteiger partial charge in [-0.3, -0.25) is 4.79 Å². The molecule has 0 aliphatic heterocycles. The van der Waals surface area contributed by atoms with E-state index in [1.165, 1.54) is 11.6 Å². The summed E-state index contributed by atoms with van der Waals surface area (Å²) >= 11 is 0. The molecule has 0 bridgehead atoms. The lowest BCUT2D eigenvalue weighted by atomic mass is 9.92. The van der Waals surface area contributed by atoms with Crippen LogP contribution in [-0.4, -0.2) is 32.0 Å². The molecule has 1 amide bonds. The Balaban J connectivity index is 1.74. The molecule has 7 nitrogen and oxygen atoms in total. The van der Waals surface area contributed by atoms with E-state index in [1.54, 1.807) is 36.5 Å². The van der Waals surface area contributed by atoms with E-state index >= 15 is 0 Å². The maximum absolute atomic E-state index is 12.4. The number of nitrogens with zero attached hydrogens (tertiary/aromatic N) is 3. The van der Waals surface area contributed by atoms with Crippen molar-refractivity contribution < 1.29 is 14.7 Å². The van der Waals surface area contributed by atoms with Crippen LogP contribution in [0.4, 0.5) is 0 Å². The van der Waals surface area contributed by atoms with E-state index in [0.717, 1.165) is 5.56 Å². The number of aliphatic carboxylic acids is 1. The first kappa shape index (κ1) is 17.3. The minimum absolute atomic E-state index is 0.129. The Morgan fingerprint density at radius 1 is 1.08 bits per heavy atom. The Bertz CT molecular complexity index is 909. The Hall–Kier alpha value is -3.48. The van der Waals surface area contributed by atoms with Gasteiger partial charge in [-0.25, -0.2) is 9.48 Å². The smallest absolute Gasteiger partial charge is 0.333 e. The second-order valence-corrected chi connectivity index (χ2v) is 6.01. The summed E-state index contributed by atoms with van der Waals surface area (Å²) in [6, 6.07) is 18.0. The van der Waals surface area contributed by atoms with Crippen molar-refractivity contribution in [2.45, 2.75) is 19.0 Å². The van der Waals surface area contributed by atoms with E-state index in [1.807, 2.05) is 30.3 Å². The van der Waals surface area contributed by atoms with Crippen LogP contribution in [0.1, 0.15) is 12.5 Å². The summed E-state index contributed by atoms with van der Waals surface area (Å²) in [5.74, 6) is -1.61. The van der Waals surface area contributed by atoms with Crippen LogP contribution in [0.3, 0.4) is 0 Å². The van der Waals surface area contributed by atoms with E-state index in [4.69, 9.17) is 0 Å². The number of benzene rings is 2. The largest absolute Gasteiger partial charge is 0.479 e. The summed E-state index contributed by atoms with van der Waals surface area (Å²) in [5.41, 5.74) is 0.493. The van der Waals surface area contributed by atoms with Gasteiger partial charge in [0.2, 0.25) is 5.91 Å². The number of hydrogen-bond acceptors (Lipinski definition) is 4. The number of aromatic nitrogens is 3. The first-order valence-corrected chi connectivity index (χ1v) is 8.04. The zero-order valence-corrected chi connectivity index (χ0v) is 14.2. The minimum atomic E-state index is -1.53. The van der Waals surface area contributed by atoms with Crippen molar-refractivity contribution in [3.63, 3.8) is 0 Å². The molecule has 1 aromatic heterocycles. The summed E-state index contributed by atoms with van der Waals surface area (Å²) in [4.78, 5) is 24.1. The topological polar surface area (TPSA) is 97.1 Å². The van der Waals surface area contributed by atoms with Crippen LogP contribution in [0.25, 0.3) is 11.3 Å². The fourth-order valence-corrected chi connectivity index (χ4v) is 2.60. The molecule has 0 aliphatic rings. The number of rotatable bonds is 6. The van der Waals surface area contributed by atoms with Gasteiger partial charge in [-0.05, 0) is 12.5 Å². The highest BCUT2D eigenvalue weighted by atomic mass is 16.4. The van der Waals surface area contributed by atoms with Gasteiger partial charge in [-0.1, -0.05) is 65.9 Å². The normalized spacial score (nSPS) is 13.0. The van der Waals surface area contributed by atoms with Crippen LogP contribution in [0, 0.1) is 0 Å². The lowest BCUT2D eigenvalue weighted by Gasteiger charge is -2.26. The summed E-state index contributed by atoms with van der Waals surface area (Å²) < 4.78 is 1.38. The van der Waals surface area contributed by atoms with Crippen LogP contribution in [-0.2, 0) is 21.7 Å². The molecule has 0 spiro atoms. The summed E-state index contributed by atoms with van der Waals surface area (Å²) in [6.45, 7) is 1.33. The van der Waals surface area contributed by atoms with Gasteiger partial charge in [0.25, 0.3) is 0 Å². The highest BCUT2D eigenvalue weighted by molar-refractivity contribution is 5.87. The van der Waals surface area contributed by atoms with Crippen LogP contribution in [0.2, 0.25) is 0 Å². The van der Waals surface area contributed by atoms with Gasteiger partial charge in [-0.15, -0.1) is 5.10 Å². The number of nitrogens with one attached hydrogen (secondary N) is 1. The highest BCUT2D eigenvalue weighted by Crippen LogP contribution is 2.21. The van der Waals surface area contributed by atoms with Crippen LogP contribution >= 0.6 is 0 Å². The molecule has 26 heavy (non-hydrogen) atoms. The number of carboxylic acids is 1. The average molecular weight is 350 g/mol. The van der Waals surface area contributed by atoms with Crippen LogP contribution in [0.15, 0.2) is 66.9 Å². The van der Waals surface area contributed by atoms with Crippen molar-refractivity contribution in [1.82, 2.24) is 20.3 Å². The molecule has 0 aliphatic carbocycles. The number of carbonyl (C=O) groups excluding carboxylic acids is 1. The van der Waals surface area contributed by atoms with Crippen molar-refractivity contribution in [3.8, 4) is 11.3 Å². The molecule has 0 fully saturated rings. The van der Waals surface area contributed by atoms with Gasteiger partial charge in [0.15, 0.2) is 5.54 Å². The molecule has 1 unspecified atom stereocenters. The maximum atomic E-state index is 12.4. The quantitative estimate of drug-likeness (QED) is 0.709. The summed E-state index contributed by atoms with van der Waals surface area (Å²) in [7, 11) is 0. The van der Waals surface area contributed by atoms with E-state index < -0.39 is 17.4 Å². The number of amides is 1. The monoisotopic (exact) mass is 350 g/mol. The molecule has 3 aromatic rings. The predicted octanol–water partition coefficient (Wildman–Crippen LogP) is 2.06. The van der Waals surface area contributed by atoms with Crippen molar-refractivity contribution in [2.24, 2.45) is 0 Å². The fraction of sp³-hybridized carbons (Fsp3) is 0.158. The SMILES string of the molecule is CC(NC(=O)Cn1cc(-c2ccccc2)nn1)(C(=O)O)c1ccccc1. The molecule has 132 valence electrons. The average Bonchev–Trinajstić information content (AvgIpc) is 3.11. The van der Waals surface area contributed by atoms with E-state index in [9.17, 15) is 14.7 Å². The molecule has 0 saturated carbocycles. The summed E-state index contributed by atoms with van der Waals surface area (Å²) in [5, 5.41) is 20.2. The maximum Gasteiger partial charge on any atom is 0.333 e. The highest BCUT2D eigenvalue weighted by Gasteiger charge is 2.36. The van der Waals surface area contributed by atoms with Gasteiger partial charge >= 0.3 is 5.97 Å². The number of carbonyl (C=O) groups is 2. The van der Waals surface area contributed by atoms with E-state index in [0.29, 0.717) is 11.3 Å². The second kappa shape index (κ2) is 7.18. The molecule has 0 radical (unpaired) electrons. The van der Waals surface area contributed by atoms with Gasteiger partial charge < -0.3 is 10.4 Å². The minimum Gasteiger partial charge on any atom is -0.479 e. The van der Waals surface area contributed by atoms with Crippen LogP contribution in [0.5, 0.6) is 0 Å². The predicted molar refractivity (Wildman–Crippen MR) is 95.0 cm³/mol. The molecule has 1 atom stereocenters. The molecule has 7 heteroatoms. The molecular weight excluding hydrogens is 332 g/mol. The Morgan fingerprint density at radius 2 is 1.69 bits per heavy atom. The van der Waals surface area contributed by atoms with Crippen molar-refractivity contribution in [1.29, 1.82) is 0 Å². The standard InChI is InChI=1S/C19H18N4O3/c1-19(18(25)26,15-10-6-3-7-11-15)20-17(24)13-23-12-16(21-22-23)14-8-4-2-5-9-14/h2-12H,13H2,1H3,(H,20,24)(H,25,26). The second-order valence-electron chi connectivity index (χ2n) is 6.01. The van der Waals surface area contributed by atoms with Crippen molar-refractivity contribution in [3.05, 3.63) is 72.4 Å². The number of carboxylic acid groups (broad SMARTS) is 1. The lowest BCUT2D eigenvalue weighted by molar-refractivity contribution is -0.147. The molecule has 2 N–H and O–H groups in total. The van der Waals surface area contributed by atoms with Gasteiger partial charge in [-0.2, -0.15) is 0 Å². The molecular formula is C19H18N4O3. The third-order valence-corrected chi connectivity index (χ3v) is 4.08. The molecule has 2 aromatic carbocycles. The fourth-order valence-electron chi connectivity index (χ4n) is 2.60. The molecule has 1 heterocycles. The first-order chi connectivity index (χ1) is 12.5. The zero-order valence-electron chi connectivity index (χ0n) is 14.2. The Labute approximate surface area is 150 Å². The first-order valence-electron chi connectivity index (χ1n) is 8.04. The van der Waals surface area contributed by atoms with Crippen LogP contribution < -0.4 is 5.32 Å². The van der Waals surface area contributed by atoms with Crippen molar-refractivity contribution in [2.75, 3.05) is 0 Å². The van der Waals surface area contributed by atoms with Gasteiger partial charge in [0, 0.05) is 5.56 Å². The third kappa shape index (κ3) is 3.61. The Morgan fingerprint density at radius 3 is 2.31 bits per heavy atom. The third-order valence-electron chi connectivity index (χ3n) is 4.08. The zero-order chi connectivity index (χ0) is 18.6. The molecule has 3 rings (SSSR count). The van der Waals surface area contributed by atoms with Crippen molar-refractivity contribution >= 4 is 11.9 Å². The summed E-state index contributed by atoms with van der Waals surface area (Å²) in [6.07, 6.45) is 1.65. The van der Waals surface area contributed by atoms with Gasteiger partial charge in [0.1, 0.15) is 12.2 Å². The van der Waals surface area contributed by atoms with Gasteiger partial charge in [0.05, 0.1) is 6.20 Å². The number of hydrogen-bond donors (Lipinski definition) is 2. The van der Waals surface area contributed by atoms with E-state index in [-0.39, 0.29) is 6.54 Å². The Kier molecular flexibility index (Phi) is 4.79. The molecule has 0 saturated heterocycles.